The van der Waals surface area contributed by atoms with Crippen LogP contribution in [-0.2, 0) is 11.3 Å². The smallest absolute Gasteiger partial charge is 0.293 e. The van der Waals surface area contributed by atoms with Gasteiger partial charge >= 0.3 is 0 Å². The Morgan fingerprint density at radius 3 is 2.25 bits per heavy atom. The van der Waals surface area contributed by atoms with Crippen molar-refractivity contribution < 1.29 is 14.5 Å². The average molecular weight is 453 g/mol. The molecule has 164 valence electrons. The van der Waals surface area contributed by atoms with Crippen LogP contribution in [-0.4, -0.2) is 16.7 Å². The van der Waals surface area contributed by atoms with Gasteiger partial charge in [-0.2, -0.15) is 0 Å². The molecule has 0 aliphatic heterocycles. The highest BCUT2D eigenvalue weighted by atomic mass is 35.5. The van der Waals surface area contributed by atoms with Crippen LogP contribution in [0.3, 0.4) is 0 Å². The van der Waals surface area contributed by atoms with E-state index in [1.807, 2.05) is 12.1 Å². The zero-order valence-corrected chi connectivity index (χ0v) is 18.0. The lowest BCUT2D eigenvalue weighted by Crippen LogP contribution is -2.13. The van der Waals surface area contributed by atoms with Gasteiger partial charge in [0, 0.05) is 41.0 Å². The van der Waals surface area contributed by atoms with Gasteiger partial charge in [0.25, 0.3) is 11.6 Å². The molecule has 0 saturated carbocycles. The molecule has 32 heavy (non-hydrogen) atoms. The molecule has 0 atom stereocenters. The van der Waals surface area contributed by atoms with Crippen LogP contribution in [0.25, 0.3) is 0 Å². The van der Waals surface area contributed by atoms with Crippen LogP contribution in [0.1, 0.15) is 29.3 Å². The lowest BCUT2D eigenvalue weighted by Gasteiger charge is -2.11. The summed E-state index contributed by atoms with van der Waals surface area (Å²) in [5.41, 5.74) is 2.10. The van der Waals surface area contributed by atoms with E-state index in [2.05, 4.69) is 16.0 Å². The second-order valence-electron chi connectivity index (χ2n) is 6.87. The Kier molecular flexibility index (Phi) is 7.41. The Hall–Kier alpha value is -3.91. The first-order chi connectivity index (χ1) is 15.4. The molecule has 3 aromatic carbocycles. The molecule has 0 heterocycles. The number of benzene rings is 3. The van der Waals surface area contributed by atoms with Gasteiger partial charge in [0.2, 0.25) is 5.91 Å². The molecule has 9 heteroatoms. The molecule has 0 bridgehead atoms. The number of anilines is 3. The highest BCUT2D eigenvalue weighted by Gasteiger charge is 2.18. The van der Waals surface area contributed by atoms with Gasteiger partial charge in [-0.3, -0.25) is 19.7 Å². The van der Waals surface area contributed by atoms with Crippen molar-refractivity contribution >= 4 is 46.2 Å². The van der Waals surface area contributed by atoms with Gasteiger partial charge in [0.1, 0.15) is 5.69 Å². The molecule has 2 amide bonds. The van der Waals surface area contributed by atoms with E-state index in [0.717, 1.165) is 5.56 Å². The van der Waals surface area contributed by atoms with Gasteiger partial charge in [0.05, 0.1) is 4.92 Å². The zero-order valence-electron chi connectivity index (χ0n) is 17.2. The number of nitrogens with zero attached hydrogens (tertiary/aromatic N) is 1. The standard InChI is InChI=1S/C23H21ClN4O4/c1-2-22(29)26-17-8-10-18(11-9-17)27-23(30)15-7-12-20(21(13-15)28(31)32)25-14-16-5-3-4-6-19(16)24/h3-13,25H,2,14H2,1H3,(H,26,29)(H,27,30). The summed E-state index contributed by atoms with van der Waals surface area (Å²) < 4.78 is 0. The fourth-order valence-electron chi connectivity index (χ4n) is 2.90. The molecule has 3 rings (SSSR count). The van der Waals surface area contributed by atoms with Gasteiger partial charge in [-0.1, -0.05) is 36.7 Å². The number of rotatable bonds is 8. The third-order valence-corrected chi connectivity index (χ3v) is 5.00. The van der Waals surface area contributed by atoms with E-state index in [4.69, 9.17) is 11.6 Å². The number of carbonyl (C=O) groups excluding carboxylic acids is 2. The SMILES string of the molecule is CCC(=O)Nc1ccc(NC(=O)c2ccc(NCc3ccccc3Cl)c([N+](=O)[O-])c2)cc1. The second-order valence-corrected chi connectivity index (χ2v) is 7.27. The fraction of sp³-hybridized carbons (Fsp3) is 0.130. The Balaban J connectivity index is 1.71. The third kappa shape index (κ3) is 5.83. The van der Waals surface area contributed by atoms with Crippen LogP contribution < -0.4 is 16.0 Å². The summed E-state index contributed by atoms with van der Waals surface area (Å²) in [4.78, 5) is 35.0. The first kappa shape index (κ1) is 22.8. The number of hydrogen-bond donors (Lipinski definition) is 3. The van der Waals surface area contributed by atoms with E-state index < -0.39 is 10.8 Å². The van der Waals surface area contributed by atoms with Crippen molar-refractivity contribution in [1.29, 1.82) is 0 Å². The maximum Gasteiger partial charge on any atom is 0.293 e. The quantitative estimate of drug-likeness (QED) is 0.310. The lowest BCUT2D eigenvalue weighted by molar-refractivity contribution is -0.384. The Bertz CT molecular complexity index is 1150. The number of amides is 2. The Labute approximate surface area is 189 Å². The monoisotopic (exact) mass is 452 g/mol. The summed E-state index contributed by atoms with van der Waals surface area (Å²) in [7, 11) is 0. The van der Waals surface area contributed by atoms with E-state index in [1.54, 1.807) is 43.3 Å². The summed E-state index contributed by atoms with van der Waals surface area (Å²) >= 11 is 6.13. The van der Waals surface area contributed by atoms with Crippen LogP contribution in [0.15, 0.2) is 66.7 Å². The molecular formula is C23H21ClN4O4. The van der Waals surface area contributed by atoms with E-state index in [1.165, 1.54) is 18.2 Å². The topological polar surface area (TPSA) is 113 Å². The molecule has 0 saturated heterocycles. The molecule has 0 unspecified atom stereocenters. The number of hydrogen-bond acceptors (Lipinski definition) is 5. The molecule has 0 radical (unpaired) electrons. The summed E-state index contributed by atoms with van der Waals surface area (Å²) in [5.74, 6) is -0.603. The zero-order chi connectivity index (χ0) is 23.1. The van der Waals surface area contributed by atoms with Crippen LogP contribution in [0, 0.1) is 10.1 Å². The van der Waals surface area contributed by atoms with Gasteiger partial charge < -0.3 is 16.0 Å². The summed E-state index contributed by atoms with van der Waals surface area (Å²) in [6, 6.07) is 18.0. The number of halogens is 1. The van der Waals surface area contributed by atoms with Crippen molar-refractivity contribution in [3.05, 3.63) is 93.0 Å². The number of nitrogens with one attached hydrogen (secondary N) is 3. The summed E-state index contributed by atoms with van der Waals surface area (Å²) in [5, 5.41) is 20.5. The minimum Gasteiger partial charge on any atom is -0.375 e. The molecule has 0 aliphatic carbocycles. The lowest BCUT2D eigenvalue weighted by atomic mass is 10.1. The maximum absolute atomic E-state index is 12.6. The Morgan fingerprint density at radius 1 is 0.969 bits per heavy atom. The molecule has 0 aliphatic rings. The Morgan fingerprint density at radius 2 is 1.62 bits per heavy atom. The van der Waals surface area contributed by atoms with Gasteiger partial charge in [0.15, 0.2) is 0 Å². The molecular weight excluding hydrogens is 432 g/mol. The van der Waals surface area contributed by atoms with E-state index in [0.29, 0.717) is 29.4 Å². The predicted octanol–water partition coefficient (Wildman–Crippen LogP) is 5.46. The maximum atomic E-state index is 12.6. The van der Waals surface area contributed by atoms with Crippen molar-refractivity contribution in [2.24, 2.45) is 0 Å². The average Bonchev–Trinajstić information content (AvgIpc) is 2.79. The van der Waals surface area contributed by atoms with Crippen LogP contribution in [0.5, 0.6) is 0 Å². The van der Waals surface area contributed by atoms with Crippen molar-refractivity contribution in [3.8, 4) is 0 Å². The molecule has 3 aromatic rings. The van der Waals surface area contributed by atoms with Gasteiger partial charge in [-0.25, -0.2) is 0 Å². The fourth-order valence-corrected chi connectivity index (χ4v) is 3.10. The van der Waals surface area contributed by atoms with Crippen molar-refractivity contribution in [1.82, 2.24) is 0 Å². The largest absolute Gasteiger partial charge is 0.375 e. The predicted molar refractivity (Wildman–Crippen MR) is 125 cm³/mol. The minimum absolute atomic E-state index is 0.114. The van der Waals surface area contributed by atoms with Gasteiger partial charge in [-0.15, -0.1) is 0 Å². The highest BCUT2D eigenvalue weighted by molar-refractivity contribution is 6.31. The molecule has 0 spiro atoms. The third-order valence-electron chi connectivity index (χ3n) is 4.63. The number of carbonyl (C=O) groups is 2. The number of nitro groups is 1. The highest BCUT2D eigenvalue weighted by Crippen LogP contribution is 2.27. The van der Waals surface area contributed by atoms with Crippen molar-refractivity contribution in [3.63, 3.8) is 0 Å². The van der Waals surface area contributed by atoms with Crippen molar-refractivity contribution in [2.45, 2.75) is 19.9 Å². The van der Waals surface area contributed by atoms with E-state index in [9.17, 15) is 19.7 Å². The first-order valence-corrected chi connectivity index (χ1v) is 10.2. The summed E-state index contributed by atoms with van der Waals surface area (Å²) in [6.45, 7) is 2.05. The second kappa shape index (κ2) is 10.4. The molecule has 0 fully saturated rings. The minimum atomic E-state index is -0.545. The van der Waals surface area contributed by atoms with E-state index in [-0.39, 0.29) is 22.8 Å². The first-order valence-electron chi connectivity index (χ1n) is 9.84. The van der Waals surface area contributed by atoms with E-state index >= 15 is 0 Å². The van der Waals surface area contributed by atoms with Crippen molar-refractivity contribution in [2.75, 3.05) is 16.0 Å². The summed E-state index contributed by atoms with van der Waals surface area (Å²) in [6.07, 6.45) is 0.362. The molecule has 0 aromatic heterocycles. The van der Waals surface area contributed by atoms with Crippen LogP contribution in [0.2, 0.25) is 5.02 Å². The van der Waals surface area contributed by atoms with Crippen LogP contribution in [0.4, 0.5) is 22.7 Å². The van der Waals surface area contributed by atoms with Crippen LogP contribution >= 0.6 is 11.6 Å². The molecule has 8 nitrogen and oxygen atoms in total. The molecule has 3 N–H and O–H groups in total. The van der Waals surface area contributed by atoms with Gasteiger partial charge in [-0.05, 0) is 48.0 Å². The normalized spacial score (nSPS) is 10.3. The number of nitro benzene ring substituents is 1.